The summed E-state index contributed by atoms with van der Waals surface area (Å²) in [4.78, 5) is 12.5. The van der Waals surface area contributed by atoms with Gasteiger partial charge in [0, 0.05) is 18.7 Å². The Bertz CT molecular complexity index is 751. The lowest BCUT2D eigenvalue weighted by Crippen LogP contribution is -2.14. The molecule has 0 heterocycles. The number of aryl methyl sites for hydroxylation is 1. The van der Waals surface area contributed by atoms with Crippen LogP contribution in [0.25, 0.3) is 0 Å². The van der Waals surface area contributed by atoms with E-state index in [1.807, 2.05) is 18.2 Å². The molecule has 1 N–H and O–H groups in total. The van der Waals surface area contributed by atoms with Crippen LogP contribution < -0.4 is 5.32 Å². The van der Waals surface area contributed by atoms with Crippen molar-refractivity contribution in [3.63, 3.8) is 0 Å². The molecule has 4 rings (SSSR count). The minimum Gasteiger partial charge on any atom is -0.376 e. The van der Waals surface area contributed by atoms with Crippen LogP contribution in [0.1, 0.15) is 48.3 Å². The molecular formula is C22H25NO2. The lowest BCUT2D eigenvalue weighted by Gasteiger charge is -2.12. The summed E-state index contributed by atoms with van der Waals surface area (Å²) in [5.41, 5.74) is 4.73. The molecule has 2 aliphatic rings. The highest BCUT2D eigenvalue weighted by Gasteiger charge is 2.24. The molecule has 3 heteroatoms. The Morgan fingerprint density at radius 1 is 1.08 bits per heavy atom. The summed E-state index contributed by atoms with van der Waals surface area (Å²) in [5.74, 6) is 1.22. The predicted octanol–water partition coefficient (Wildman–Crippen LogP) is 4.67. The van der Waals surface area contributed by atoms with Crippen molar-refractivity contribution in [1.29, 1.82) is 0 Å². The first-order chi connectivity index (χ1) is 12.3. The van der Waals surface area contributed by atoms with Gasteiger partial charge in [-0.15, -0.1) is 0 Å². The summed E-state index contributed by atoms with van der Waals surface area (Å²) in [7, 11) is 0. The number of amides is 1. The van der Waals surface area contributed by atoms with Crippen molar-refractivity contribution in [2.24, 2.45) is 5.92 Å². The average Bonchev–Trinajstić information content (AvgIpc) is 3.36. The SMILES string of the molecule is O=C(CC1CCc2ccccc21)Nc1cccc(COCC2CC2)c1. The van der Waals surface area contributed by atoms with Crippen LogP contribution in [0.15, 0.2) is 48.5 Å². The number of nitrogens with one attached hydrogen (secondary N) is 1. The van der Waals surface area contributed by atoms with E-state index in [0.29, 0.717) is 18.9 Å². The summed E-state index contributed by atoms with van der Waals surface area (Å²) in [6.45, 7) is 1.48. The van der Waals surface area contributed by atoms with E-state index in [1.54, 1.807) is 0 Å². The second-order valence-corrected chi connectivity index (χ2v) is 7.35. The predicted molar refractivity (Wildman–Crippen MR) is 99.6 cm³/mol. The van der Waals surface area contributed by atoms with Crippen LogP contribution in [0.4, 0.5) is 5.69 Å². The van der Waals surface area contributed by atoms with Gasteiger partial charge in [-0.3, -0.25) is 4.79 Å². The Morgan fingerprint density at radius 2 is 1.96 bits per heavy atom. The quantitative estimate of drug-likeness (QED) is 0.798. The number of rotatable bonds is 7. The fourth-order valence-electron chi connectivity index (χ4n) is 3.66. The molecule has 1 saturated carbocycles. The van der Waals surface area contributed by atoms with Gasteiger partial charge in [0.1, 0.15) is 0 Å². The van der Waals surface area contributed by atoms with E-state index in [2.05, 4.69) is 35.6 Å². The number of hydrogen-bond acceptors (Lipinski definition) is 2. The van der Waals surface area contributed by atoms with Gasteiger partial charge in [0.15, 0.2) is 0 Å². The third-order valence-corrected chi connectivity index (χ3v) is 5.22. The molecule has 0 spiro atoms. The third-order valence-electron chi connectivity index (χ3n) is 5.22. The van der Waals surface area contributed by atoms with Crippen LogP contribution in [-0.4, -0.2) is 12.5 Å². The average molecular weight is 335 g/mol. The van der Waals surface area contributed by atoms with E-state index in [4.69, 9.17) is 4.74 Å². The Labute approximate surface area is 149 Å². The summed E-state index contributed by atoms with van der Waals surface area (Å²) in [6, 6.07) is 16.5. The van der Waals surface area contributed by atoms with Crippen LogP contribution in [-0.2, 0) is 22.6 Å². The molecule has 3 nitrogen and oxygen atoms in total. The lowest BCUT2D eigenvalue weighted by molar-refractivity contribution is -0.116. The molecule has 25 heavy (non-hydrogen) atoms. The fourth-order valence-corrected chi connectivity index (χ4v) is 3.66. The molecular weight excluding hydrogens is 310 g/mol. The van der Waals surface area contributed by atoms with Crippen LogP contribution in [0.3, 0.4) is 0 Å². The second-order valence-electron chi connectivity index (χ2n) is 7.35. The minimum atomic E-state index is 0.0951. The maximum atomic E-state index is 12.5. The summed E-state index contributed by atoms with van der Waals surface area (Å²) in [6.07, 6.45) is 5.32. The smallest absolute Gasteiger partial charge is 0.224 e. The maximum Gasteiger partial charge on any atom is 0.224 e. The lowest BCUT2D eigenvalue weighted by atomic mass is 9.97. The highest BCUT2D eigenvalue weighted by atomic mass is 16.5. The number of fused-ring (bicyclic) bond motifs is 1. The highest BCUT2D eigenvalue weighted by molar-refractivity contribution is 5.91. The van der Waals surface area contributed by atoms with E-state index in [-0.39, 0.29) is 5.91 Å². The molecule has 0 aliphatic heterocycles. The van der Waals surface area contributed by atoms with Crippen LogP contribution in [0.5, 0.6) is 0 Å². The first kappa shape index (κ1) is 16.3. The number of carbonyl (C=O) groups excluding carboxylic acids is 1. The number of benzene rings is 2. The molecule has 2 aliphatic carbocycles. The van der Waals surface area contributed by atoms with Crippen molar-refractivity contribution in [1.82, 2.24) is 0 Å². The van der Waals surface area contributed by atoms with E-state index >= 15 is 0 Å². The second kappa shape index (κ2) is 7.40. The molecule has 1 amide bonds. The number of anilines is 1. The van der Waals surface area contributed by atoms with Crippen molar-refractivity contribution in [2.45, 2.75) is 44.6 Å². The van der Waals surface area contributed by atoms with Gasteiger partial charge in [0.2, 0.25) is 5.91 Å². The maximum absolute atomic E-state index is 12.5. The first-order valence-corrected chi connectivity index (χ1v) is 9.32. The van der Waals surface area contributed by atoms with Gasteiger partial charge in [-0.05, 0) is 66.3 Å². The topological polar surface area (TPSA) is 38.3 Å². The zero-order valence-electron chi connectivity index (χ0n) is 14.5. The standard InChI is InChI=1S/C22H25NO2/c24-22(13-19-11-10-18-5-1-2-7-21(18)19)23-20-6-3-4-17(12-20)15-25-14-16-8-9-16/h1-7,12,16,19H,8-11,13-15H2,(H,23,24). The molecule has 2 aromatic carbocycles. The van der Waals surface area contributed by atoms with E-state index < -0.39 is 0 Å². The minimum absolute atomic E-state index is 0.0951. The first-order valence-electron chi connectivity index (χ1n) is 9.32. The molecule has 2 aromatic rings. The molecule has 0 saturated heterocycles. The Hall–Kier alpha value is -2.13. The van der Waals surface area contributed by atoms with Gasteiger partial charge in [-0.1, -0.05) is 36.4 Å². The molecule has 1 unspecified atom stereocenters. The van der Waals surface area contributed by atoms with Crippen molar-refractivity contribution in [2.75, 3.05) is 11.9 Å². The summed E-state index contributed by atoms with van der Waals surface area (Å²) < 4.78 is 5.74. The van der Waals surface area contributed by atoms with Crippen molar-refractivity contribution < 1.29 is 9.53 Å². The van der Waals surface area contributed by atoms with Crippen LogP contribution >= 0.6 is 0 Å². The Morgan fingerprint density at radius 3 is 2.84 bits per heavy atom. The van der Waals surface area contributed by atoms with Crippen LogP contribution in [0.2, 0.25) is 0 Å². The zero-order chi connectivity index (χ0) is 17.1. The largest absolute Gasteiger partial charge is 0.376 e. The van der Waals surface area contributed by atoms with Gasteiger partial charge in [0.05, 0.1) is 6.61 Å². The van der Waals surface area contributed by atoms with Crippen molar-refractivity contribution in [3.05, 3.63) is 65.2 Å². The zero-order valence-corrected chi connectivity index (χ0v) is 14.5. The Balaban J connectivity index is 1.31. The molecule has 0 radical (unpaired) electrons. The number of ether oxygens (including phenoxy) is 1. The van der Waals surface area contributed by atoms with Gasteiger partial charge in [-0.25, -0.2) is 0 Å². The Kier molecular flexibility index (Phi) is 4.84. The van der Waals surface area contributed by atoms with Gasteiger partial charge in [-0.2, -0.15) is 0 Å². The molecule has 130 valence electrons. The van der Waals surface area contributed by atoms with E-state index in [0.717, 1.165) is 36.6 Å². The van der Waals surface area contributed by atoms with Gasteiger partial charge >= 0.3 is 0 Å². The van der Waals surface area contributed by atoms with Crippen molar-refractivity contribution in [3.8, 4) is 0 Å². The molecule has 0 aromatic heterocycles. The normalized spacial score (nSPS) is 18.8. The number of hydrogen-bond donors (Lipinski definition) is 1. The molecule has 1 atom stereocenters. The molecule has 1 fully saturated rings. The summed E-state index contributed by atoms with van der Waals surface area (Å²) in [5, 5.41) is 3.06. The molecule has 0 bridgehead atoms. The third kappa shape index (κ3) is 4.29. The fraction of sp³-hybridized carbons (Fsp3) is 0.409. The van der Waals surface area contributed by atoms with Gasteiger partial charge in [0.25, 0.3) is 0 Å². The monoisotopic (exact) mass is 335 g/mol. The summed E-state index contributed by atoms with van der Waals surface area (Å²) >= 11 is 0. The number of carbonyl (C=O) groups is 1. The van der Waals surface area contributed by atoms with Crippen molar-refractivity contribution >= 4 is 11.6 Å². The van der Waals surface area contributed by atoms with Crippen LogP contribution in [0, 0.1) is 5.92 Å². The highest BCUT2D eigenvalue weighted by Crippen LogP contribution is 2.35. The van der Waals surface area contributed by atoms with E-state index in [1.165, 1.54) is 24.0 Å². The van der Waals surface area contributed by atoms with Gasteiger partial charge < -0.3 is 10.1 Å². The van der Waals surface area contributed by atoms with E-state index in [9.17, 15) is 4.79 Å².